The van der Waals surface area contributed by atoms with E-state index in [4.69, 9.17) is 4.98 Å². The van der Waals surface area contributed by atoms with Crippen molar-refractivity contribution in [3.63, 3.8) is 0 Å². The van der Waals surface area contributed by atoms with Crippen LogP contribution >= 0.6 is 11.8 Å². The Hall–Kier alpha value is -5.63. The summed E-state index contributed by atoms with van der Waals surface area (Å²) in [6.45, 7) is 0. The molecule has 3 heterocycles. The number of nitriles is 1. The topological polar surface area (TPSA) is 41.6 Å². The molecule has 1 aliphatic carbocycles. The van der Waals surface area contributed by atoms with Gasteiger partial charge in [0.1, 0.15) is 0 Å². The first-order chi connectivity index (χ1) is 22.7. The lowest BCUT2D eigenvalue weighted by Gasteiger charge is -2.22. The zero-order chi connectivity index (χ0) is 30.6. The Morgan fingerprint density at radius 1 is 0.674 bits per heavy atom. The van der Waals surface area contributed by atoms with Crippen LogP contribution in [0, 0.1) is 11.3 Å². The Morgan fingerprint density at radius 3 is 2.30 bits per heavy atom. The molecule has 2 aromatic heterocycles. The van der Waals surface area contributed by atoms with Crippen molar-refractivity contribution in [2.24, 2.45) is 0 Å². The number of nitrogens with zero attached hydrogens (tertiary/aromatic N) is 3. The quantitative estimate of drug-likeness (QED) is 0.200. The van der Waals surface area contributed by atoms with E-state index in [9.17, 15) is 5.26 Å². The van der Waals surface area contributed by atoms with Gasteiger partial charge in [-0.3, -0.25) is 0 Å². The summed E-state index contributed by atoms with van der Waals surface area (Å²) >= 11 is 1.92. The summed E-state index contributed by atoms with van der Waals surface area (Å²) in [5, 5.41) is 11.0. The summed E-state index contributed by atoms with van der Waals surface area (Å²) in [6.07, 6.45) is 3.37. The molecule has 0 saturated carbocycles. The van der Waals surface area contributed by atoms with E-state index in [0.717, 1.165) is 45.7 Å². The van der Waals surface area contributed by atoms with Gasteiger partial charge in [0.05, 0.1) is 28.5 Å². The highest BCUT2D eigenvalue weighted by Gasteiger charge is 2.34. The fraction of sp³-hybridized carbons (Fsp3) is 0.0476. The number of fused-ring (bicyclic) bond motifs is 6. The SMILES string of the molecule is N#Cc1cccc(-c2cc(-c3cccc(-c4ccccc4)n3)cc(-n3c4c(c5ccccc53)C=C3Sc5ccccc5C3C4)c2)c1. The van der Waals surface area contributed by atoms with Crippen molar-refractivity contribution in [2.75, 3.05) is 0 Å². The molecule has 5 aromatic carbocycles. The van der Waals surface area contributed by atoms with Crippen molar-refractivity contribution >= 4 is 28.7 Å². The van der Waals surface area contributed by atoms with E-state index in [1.54, 1.807) is 0 Å². The van der Waals surface area contributed by atoms with Gasteiger partial charge in [0.25, 0.3) is 0 Å². The molecule has 0 spiro atoms. The Balaban J connectivity index is 1.27. The Labute approximate surface area is 272 Å². The molecule has 46 heavy (non-hydrogen) atoms. The second-order valence-electron chi connectivity index (χ2n) is 11.9. The van der Waals surface area contributed by atoms with Crippen LogP contribution in [0.2, 0.25) is 0 Å². The minimum absolute atomic E-state index is 0.357. The largest absolute Gasteiger partial charge is 0.313 e. The molecule has 216 valence electrons. The number of rotatable bonds is 4. The molecule has 9 rings (SSSR count). The van der Waals surface area contributed by atoms with Gasteiger partial charge in [0, 0.05) is 50.7 Å². The highest BCUT2D eigenvalue weighted by molar-refractivity contribution is 8.03. The maximum Gasteiger partial charge on any atom is 0.0991 e. The van der Waals surface area contributed by atoms with Crippen LogP contribution in [0.3, 0.4) is 0 Å². The van der Waals surface area contributed by atoms with E-state index >= 15 is 0 Å². The predicted molar refractivity (Wildman–Crippen MR) is 189 cm³/mol. The van der Waals surface area contributed by atoms with E-state index < -0.39 is 0 Å². The summed E-state index contributed by atoms with van der Waals surface area (Å²) < 4.78 is 2.46. The molecule has 0 amide bonds. The fourth-order valence-electron chi connectivity index (χ4n) is 7.05. The number of hydrogen-bond acceptors (Lipinski definition) is 3. The summed E-state index contributed by atoms with van der Waals surface area (Å²) in [4.78, 5) is 7.95. The fourth-order valence-corrected chi connectivity index (χ4v) is 8.31. The van der Waals surface area contributed by atoms with E-state index in [2.05, 4.69) is 120 Å². The van der Waals surface area contributed by atoms with Crippen LogP contribution in [-0.2, 0) is 6.42 Å². The molecule has 0 N–H and O–H groups in total. The number of para-hydroxylation sites is 1. The molecule has 7 aromatic rings. The van der Waals surface area contributed by atoms with Crippen LogP contribution in [0.25, 0.3) is 56.3 Å². The molecule has 1 atom stereocenters. The van der Waals surface area contributed by atoms with Gasteiger partial charge >= 0.3 is 0 Å². The Bertz CT molecular complexity index is 2390. The third-order valence-corrected chi connectivity index (χ3v) is 10.4. The lowest BCUT2D eigenvalue weighted by atomic mass is 9.87. The summed E-state index contributed by atoms with van der Waals surface area (Å²) in [5.74, 6) is 0.357. The zero-order valence-electron chi connectivity index (χ0n) is 24.9. The monoisotopic (exact) mass is 605 g/mol. The van der Waals surface area contributed by atoms with Crippen LogP contribution in [0.1, 0.15) is 28.3 Å². The molecule has 1 aliphatic heterocycles. The van der Waals surface area contributed by atoms with Gasteiger partial charge in [0.15, 0.2) is 0 Å². The van der Waals surface area contributed by atoms with Crippen molar-refractivity contribution < 1.29 is 0 Å². The summed E-state index contributed by atoms with van der Waals surface area (Å²) in [7, 11) is 0. The Kier molecular flexibility index (Phi) is 6.26. The van der Waals surface area contributed by atoms with E-state index in [1.165, 1.54) is 37.5 Å². The van der Waals surface area contributed by atoms with Gasteiger partial charge < -0.3 is 4.57 Å². The molecule has 2 aliphatic rings. The number of thioether (sulfide) groups is 1. The maximum absolute atomic E-state index is 9.71. The zero-order valence-corrected chi connectivity index (χ0v) is 25.7. The second kappa shape index (κ2) is 10.8. The number of aromatic nitrogens is 2. The number of benzene rings is 5. The van der Waals surface area contributed by atoms with Crippen LogP contribution in [0.15, 0.2) is 149 Å². The van der Waals surface area contributed by atoms with Gasteiger partial charge in [-0.1, -0.05) is 96.7 Å². The van der Waals surface area contributed by atoms with E-state index in [1.807, 2.05) is 48.2 Å². The van der Waals surface area contributed by atoms with Crippen molar-refractivity contribution in [2.45, 2.75) is 17.2 Å². The molecule has 0 radical (unpaired) electrons. The van der Waals surface area contributed by atoms with Gasteiger partial charge in [-0.25, -0.2) is 4.98 Å². The highest BCUT2D eigenvalue weighted by Crippen LogP contribution is 2.54. The van der Waals surface area contributed by atoms with Crippen LogP contribution < -0.4 is 0 Å². The molecule has 4 heteroatoms. The average molecular weight is 606 g/mol. The third-order valence-electron chi connectivity index (χ3n) is 9.18. The predicted octanol–water partition coefficient (Wildman–Crippen LogP) is 10.7. The first-order valence-electron chi connectivity index (χ1n) is 15.5. The van der Waals surface area contributed by atoms with E-state index in [-0.39, 0.29) is 0 Å². The molecule has 0 saturated heterocycles. The van der Waals surface area contributed by atoms with Crippen LogP contribution in [0.4, 0.5) is 0 Å². The smallest absolute Gasteiger partial charge is 0.0991 e. The molecular formula is C42H27N3S. The number of pyridine rings is 1. The van der Waals surface area contributed by atoms with Crippen LogP contribution in [-0.4, -0.2) is 9.55 Å². The third kappa shape index (κ3) is 4.40. The lowest BCUT2D eigenvalue weighted by Crippen LogP contribution is -2.11. The summed E-state index contributed by atoms with van der Waals surface area (Å²) in [6, 6.07) is 51.1. The lowest BCUT2D eigenvalue weighted by molar-refractivity contribution is 0.772. The minimum atomic E-state index is 0.357. The van der Waals surface area contributed by atoms with Gasteiger partial charge in [-0.05, 0) is 82.3 Å². The van der Waals surface area contributed by atoms with Gasteiger partial charge in [-0.15, -0.1) is 0 Å². The van der Waals surface area contributed by atoms with Crippen molar-refractivity contribution in [3.05, 3.63) is 167 Å². The first-order valence-corrected chi connectivity index (χ1v) is 16.3. The maximum atomic E-state index is 9.71. The highest BCUT2D eigenvalue weighted by atomic mass is 32.2. The minimum Gasteiger partial charge on any atom is -0.313 e. The van der Waals surface area contributed by atoms with E-state index in [0.29, 0.717) is 11.5 Å². The average Bonchev–Trinajstić information content (AvgIpc) is 3.65. The molecular weight excluding hydrogens is 579 g/mol. The van der Waals surface area contributed by atoms with Crippen molar-refractivity contribution in [1.29, 1.82) is 5.26 Å². The number of allylic oxidation sites excluding steroid dienone is 1. The standard InChI is InChI=1S/C42H27N3S/c43-26-27-10-8-13-29(20-27)30-21-31(38-17-9-16-37(44-38)28-11-2-1-3-12-28)23-32(22-30)45-39-18-6-4-14-33(39)35-25-42-36(24-40(35)45)34-15-5-7-19-41(34)46-42/h1-23,25,36H,24H2. The normalized spacial score (nSPS) is 14.7. The first kappa shape index (κ1) is 26.7. The molecule has 0 bridgehead atoms. The van der Waals surface area contributed by atoms with Crippen LogP contribution in [0.5, 0.6) is 0 Å². The molecule has 1 unspecified atom stereocenters. The van der Waals surface area contributed by atoms with Gasteiger partial charge in [-0.2, -0.15) is 5.26 Å². The second-order valence-corrected chi connectivity index (χ2v) is 13.0. The Morgan fingerprint density at radius 2 is 1.41 bits per heavy atom. The van der Waals surface area contributed by atoms with Crippen molar-refractivity contribution in [1.82, 2.24) is 9.55 Å². The number of hydrogen-bond donors (Lipinski definition) is 0. The summed E-state index contributed by atoms with van der Waals surface area (Å²) in [5.41, 5.74) is 13.0. The van der Waals surface area contributed by atoms with Gasteiger partial charge in [0.2, 0.25) is 0 Å². The van der Waals surface area contributed by atoms with Crippen molar-refractivity contribution in [3.8, 4) is 45.4 Å². The molecule has 0 fully saturated rings. The molecule has 3 nitrogen and oxygen atoms in total.